The van der Waals surface area contributed by atoms with Gasteiger partial charge in [0.15, 0.2) is 0 Å². The van der Waals surface area contributed by atoms with Crippen LogP contribution in [0, 0.1) is 0 Å². The Morgan fingerprint density at radius 1 is 1.25 bits per heavy atom. The largest absolute Gasteiger partial charge is 0.355 e. The molecule has 0 aliphatic carbocycles. The molecule has 16 heavy (non-hydrogen) atoms. The molecule has 0 aromatic heterocycles. The van der Waals surface area contributed by atoms with Crippen LogP contribution in [0.15, 0.2) is 43.0 Å². The highest BCUT2D eigenvalue weighted by molar-refractivity contribution is 5.17. The second-order valence-corrected chi connectivity index (χ2v) is 3.61. The van der Waals surface area contributed by atoms with Crippen LogP contribution in [-0.4, -0.2) is 24.6 Å². The Balaban J connectivity index is 2.81. The highest BCUT2D eigenvalue weighted by atomic mass is 16.5. The van der Waals surface area contributed by atoms with Crippen molar-refractivity contribution in [1.82, 2.24) is 4.90 Å². The van der Waals surface area contributed by atoms with E-state index >= 15 is 0 Å². The molecule has 0 saturated heterocycles. The van der Waals surface area contributed by atoms with E-state index in [0.29, 0.717) is 6.61 Å². The maximum Gasteiger partial charge on any atom is 0.137 e. The van der Waals surface area contributed by atoms with Crippen LogP contribution in [0.2, 0.25) is 0 Å². The third-order valence-electron chi connectivity index (χ3n) is 2.60. The molecule has 2 nitrogen and oxygen atoms in total. The third kappa shape index (κ3) is 3.47. The minimum absolute atomic E-state index is 0.0363. The molecule has 2 heteroatoms. The summed E-state index contributed by atoms with van der Waals surface area (Å²) >= 11 is 0. The molecular formula is C14H21NO. The average Bonchev–Trinajstić information content (AvgIpc) is 2.35. The van der Waals surface area contributed by atoms with Crippen LogP contribution in [0.4, 0.5) is 0 Å². The Hall–Kier alpha value is -1.12. The van der Waals surface area contributed by atoms with Crippen molar-refractivity contribution >= 4 is 0 Å². The lowest BCUT2D eigenvalue weighted by Crippen LogP contribution is -2.30. The predicted molar refractivity (Wildman–Crippen MR) is 68.3 cm³/mol. The molecule has 0 heterocycles. The van der Waals surface area contributed by atoms with Gasteiger partial charge in [-0.05, 0) is 18.7 Å². The Bertz CT molecular complexity index is 293. The van der Waals surface area contributed by atoms with E-state index in [1.165, 1.54) is 5.56 Å². The highest BCUT2D eigenvalue weighted by Gasteiger charge is 2.17. The number of nitrogens with zero attached hydrogens (tertiary/aromatic N) is 1. The Labute approximate surface area is 98.5 Å². The van der Waals surface area contributed by atoms with Gasteiger partial charge in [-0.25, -0.2) is 0 Å². The molecular weight excluding hydrogens is 198 g/mol. The zero-order valence-corrected chi connectivity index (χ0v) is 10.2. The summed E-state index contributed by atoms with van der Waals surface area (Å²) in [6.07, 6.45) is 1.83. The first-order chi connectivity index (χ1) is 7.83. The fraction of sp³-hybridized carbons (Fsp3) is 0.429. The summed E-state index contributed by atoms with van der Waals surface area (Å²) in [7, 11) is 0. The minimum atomic E-state index is 0.0363. The molecule has 0 bridgehead atoms. The van der Waals surface area contributed by atoms with E-state index in [2.05, 4.69) is 37.5 Å². The number of hydrogen-bond donors (Lipinski definition) is 0. The summed E-state index contributed by atoms with van der Waals surface area (Å²) in [5, 5.41) is 0. The van der Waals surface area contributed by atoms with E-state index in [1.54, 1.807) is 6.08 Å². The quantitative estimate of drug-likeness (QED) is 0.515. The molecule has 0 amide bonds. The number of hydrogen-bond acceptors (Lipinski definition) is 2. The van der Waals surface area contributed by atoms with Crippen LogP contribution in [-0.2, 0) is 4.74 Å². The van der Waals surface area contributed by atoms with Crippen molar-refractivity contribution in [2.24, 2.45) is 0 Å². The molecule has 0 aliphatic heterocycles. The zero-order valence-electron chi connectivity index (χ0n) is 10.2. The summed E-state index contributed by atoms with van der Waals surface area (Å²) in [5.41, 5.74) is 1.20. The van der Waals surface area contributed by atoms with Gasteiger partial charge in [-0.2, -0.15) is 0 Å². The van der Waals surface area contributed by atoms with E-state index in [1.807, 2.05) is 18.2 Å². The Morgan fingerprint density at radius 2 is 1.88 bits per heavy atom. The number of ether oxygens (including phenoxy) is 1. The zero-order chi connectivity index (χ0) is 11.8. The molecule has 88 valence electrons. The average molecular weight is 219 g/mol. The minimum Gasteiger partial charge on any atom is -0.355 e. The fourth-order valence-electron chi connectivity index (χ4n) is 1.74. The number of rotatable bonds is 7. The fourth-order valence-corrected chi connectivity index (χ4v) is 1.74. The van der Waals surface area contributed by atoms with Crippen LogP contribution in [0.25, 0.3) is 0 Å². The summed E-state index contributed by atoms with van der Waals surface area (Å²) < 4.78 is 5.83. The topological polar surface area (TPSA) is 12.5 Å². The molecule has 1 unspecified atom stereocenters. The first kappa shape index (κ1) is 12.9. The first-order valence-electron chi connectivity index (χ1n) is 5.85. The van der Waals surface area contributed by atoms with Crippen molar-refractivity contribution in [3.63, 3.8) is 0 Å². The van der Waals surface area contributed by atoms with Gasteiger partial charge in [0.25, 0.3) is 0 Å². The van der Waals surface area contributed by atoms with Gasteiger partial charge >= 0.3 is 0 Å². The van der Waals surface area contributed by atoms with Gasteiger partial charge in [-0.15, -0.1) is 6.58 Å². The van der Waals surface area contributed by atoms with Gasteiger partial charge in [-0.3, -0.25) is 4.90 Å². The Kier molecular flexibility index (Phi) is 5.83. The van der Waals surface area contributed by atoms with Crippen LogP contribution in [0.3, 0.4) is 0 Å². The van der Waals surface area contributed by atoms with Crippen molar-refractivity contribution in [3.8, 4) is 0 Å². The molecule has 0 aliphatic rings. The van der Waals surface area contributed by atoms with Crippen molar-refractivity contribution < 1.29 is 4.74 Å². The van der Waals surface area contributed by atoms with Gasteiger partial charge in [0, 0.05) is 0 Å². The lowest BCUT2D eigenvalue weighted by atomic mass is 10.2. The molecule has 0 spiro atoms. The lowest BCUT2D eigenvalue weighted by Gasteiger charge is -2.29. The van der Waals surface area contributed by atoms with E-state index in [4.69, 9.17) is 4.74 Å². The molecule has 1 aromatic carbocycles. The van der Waals surface area contributed by atoms with Crippen LogP contribution in [0.5, 0.6) is 0 Å². The molecule has 0 N–H and O–H groups in total. The molecule has 0 radical (unpaired) electrons. The number of benzene rings is 1. The van der Waals surface area contributed by atoms with E-state index in [0.717, 1.165) is 13.1 Å². The maximum absolute atomic E-state index is 5.83. The summed E-state index contributed by atoms with van der Waals surface area (Å²) in [6.45, 7) is 10.5. The van der Waals surface area contributed by atoms with Gasteiger partial charge in [0.1, 0.15) is 6.23 Å². The summed E-state index contributed by atoms with van der Waals surface area (Å²) in [5.74, 6) is 0. The molecule has 1 aromatic rings. The molecule has 0 saturated carbocycles. The molecule has 1 rings (SSSR count). The standard InChI is InChI=1S/C14H21NO/c1-4-12-16-14(15(5-2)6-3)13-10-8-7-9-11-13/h4,7-11,14H,1,5-6,12H2,2-3H3. The third-order valence-corrected chi connectivity index (χ3v) is 2.60. The predicted octanol–water partition coefficient (Wildman–Crippen LogP) is 3.23. The van der Waals surface area contributed by atoms with Crippen LogP contribution in [0.1, 0.15) is 25.6 Å². The van der Waals surface area contributed by atoms with Crippen molar-refractivity contribution in [2.45, 2.75) is 20.1 Å². The SMILES string of the molecule is C=CCOC(c1ccccc1)N(CC)CC. The molecule has 1 atom stereocenters. The molecule has 0 fully saturated rings. The van der Waals surface area contributed by atoms with Gasteiger partial charge < -0.3 is 4.74 Å². The monoisotopic (exact) mass is 219 g/mol. The van der Waals surface area contributed by atoms with Crippen molar-refractivity contribution in [3.05, 3.63) is 48.6 Å². The summed E-state index contributed by atoms with van der Waals surface area (Å²) in [4.78, 5) is 2.29. The van der Waals surface area contributed by atoms with Gasteiger partial charge in [-0.1, -0.05) is 50.3 Å². The maximum atomic E-state index is 5.83. The highest BCUT2D eigenvalue weighted by Crippen LogP contribution is 2.21. The first-order valence-corrected chi connectivity index (χ1v) is 5.85. The van der Waals surface area contributed by atoms with Crippen LogP contribution >= 0.6 is 0 Å². The van der Waals surface area contributed by atoms with Crippen molar-refractivity contribution in [2.75, 3.05) is 19.7 Å². The Morgan fingerprint density at radius 3 is 2.38 bits per heavy atom. The summed E-state index contributed by atoms with van der Waals surface area (Å²) in [6, 6.07) is 10.3. The van der Waals surface area contributed by atoms with E-state index in [-0.39, 0.29) is 6.23 Å². The second kappa shape index (κ2) is 7.20. The van der Waals surface area contributed by atoms with E-state index < -0.39 is 0 Å². The van der Waals surface area contributed by atoms with Crippen LogP contribution < -0.4 is 0 Å². The smallest absolute Gasteiger partial charge is 0.137 e. The van der Waals surface area contributed by atoms with Gasteiger partial charge in [0.05, 0.1) is 6.61 Å². The van der Waals surface area contributed by atoms with E-state index in [9.17, 15) is 0 Å². The lowest BCUT2D eigenvalue weighted by molar-refractivity contribution is -0.0463. The second-order valence-electron chi connectivity index (χ2n) is 3.61. The normalized spacial score (nSPS) is 12.7. The van der Waals surface area contributed by atoms with Crippen molar-refractivity contribution in [1.29, 1.82) is 0 Å². The van der Waals surface area contributed by atoms with Gasteiger partial charge in [0.2, 0.25) is 0 Å².